The first kappa shape index (κ1) is 16.4. The molecule has 1 saturated heterocycles. The molecule has 1 heterocycles. The van der Waals surface area contributed by atoms with Crippen LogP contribution in [0.3, 0.4) is 0 Å². The lowest BCUT2D eigenvalue weighted by molar-refractivity contribution is -0.181. The summed E-state index contributed by atoms with van der Waals surface area (Å²) in [6, 6.07) is 9.53. The highest BCUT2D eigenvalue weighted by Gasteiger charge is 2.46. The van der Waals surface area contributed by atoms with Gasteiger partial charge in [-0.05, 0) is 18.4 Å². The van der Waals surface area contributed by atoms with E-state index in [-0.39, 0.29) is 12.7 Å². The van der Waals surface area contributed by atoms with Crippen molar-refractivity contribution in [2.45, 2.75) is 44.7 Å². The SMILES string of the molecule is CCC1(CC)OC(COS(N)(=O)=O)C(c2ccccc2)O1. The number of benzene rings is 1. The fourth-order valence-electron chi connectivity index (χ4n) is 2.46. The first-order valence-electron chi connectivity index (χ1n) is 6.97. The summed E-state index contributed by atoms with van der Waals surface area (Å²) < 4.78 is 38.7. The molecule has 2 rings (SSSR count). The molecule has 0 aliphatic carbocycles. The Hall–Kier alpha value is -0.990. The summed E-state index contributed by atoms with van der Waals surface area (Å²) in [5.74, 6) is -0.715. The van der Waals surface area contributed by atoms with Gasteiger partial charge in [-0.2, -0.15) is 8.42 Å². The molecule has 1 aliphatic rings. The van der Waals surface area contributed by atoms with Crippen LogP contribution in [0.2, 0.25) is 0 Å². The Morgan fingerprint density at radius 3 is 2.33 bits per heavy atom. The van der Waals surface area contributed by atoms with Crippen molar-refractivity contribution >= 4 is 10.3 Å². The van der Waals surface area contributed by atoms with E-state index < -0.39 is 22.2 Å². The third-order valence-electron chi connectivity index (χ3n) is 3.65. The summed E-state index contributed by atoms with van der Waals surface area (Å²) in [5, 5.41) is 4.88. The number of ether oxygens (including phenoxy) is 2. The summed E-state index contributed by atoms with van der Waals surface area (Å²) in [6.07, 6.45) is 0.427. The quantitative estimate of drug-likeness (QED) is 0.866. The minimum absolute atomic E-state index is 0.167. The molecule has 0 spiro atoms. The summed E-state index contributed by atoms with van der Waals surface area (Å²) in [5.41, 5.74) is 0.921. The highest BCUT2D eigenvalue weighted by molar-refractivity contribution is 7.84. The minimum atomic E-state index is -4.00. The summed E-state index contributed by atoms with van der Waals surface area (Å²) in [7, 11) is -4.00. The Balaban J connectivity index is 2.22. The normalized spacial score (nSPS) is 25.1. The number of hydrogen-bond acceptors (Lipinski definition) is 5. The van der Waals surface area contributed by atoms with Gasteiger partial charge in [-0.3, -0.25) is 4.18 Å². The first-order valence-corrected chi connectivity index (χ1v) is 8.44. The van der Waals surface area contributed by atoms with Gasteiger partial charge in [0, 0.05) is 0 Å². The second kappa shape index (κ2) is 6.41. The van der Waals surface area contributed by atoms with Gasteiger partial charge in [0.2, 0.25) is 0 Å². The van der Waals surface area contributed by atoms with Crippen LogP contribution in [0.5, 0.6) is 0 Å². The molecule has 2 unspecified atom stereocenters. The van der Waals surface area contributed by atoms with Crippen molar-refractivity contribution in [1.29, 1.82) is 0 Å². The van der Waals surface area contributed by atoms with Crippen LogP contribution in [0.25, 0.3) is 0 Å². The van der Waals surface area contributed by atoms with E-state index in [1.807, 2.05) is 44.2 Å². The standard InChI is InChI=1S/C14H21NO5S/c1-3-14(4-2)19-12(10-18-21(15,16)17)13(20-14)11-8-6-5-7-9-11/h5-9,12-13H,3-4,10H2,1-2H3,(H2,15,16,17). The van der Waals surface area contributed by atoms with Gasteiger partial charge in [0.1, 0.15) is 12.2 Å². The Bertz CT molecular complexity index is 556. The zero-order chi connectivity index (χ0) is 15.5. The van der Waals surface area contributed by atoms with Crippen molar-refractivity contribution in [3.8, 4) is 0 Å². The van der Waals surface area contributed by atoms with E-state index in [4.69, 9.17) is 18.8 Å². The van der Waals surface area contributed by atoms with Crippen molar-refractivity contribution < 1.29 is 22.1 Å². The van der Waals surface area contributed by atoms with Crippen LogP contribution in [0.1, 0.15) is 38.4 Å². The highest BCUT2D eigenvalue weighted by atomic mass is 32.2. The molecule has 1 aromatic rings. The maximum absolute atomic E-state index is 11.0. The van der Waals surface area contributed by atoms with E-state index in [0.717, 1.165) is 5.56 Å². The Kier molecular flexibility index (Phi) is 5.00. The first-order chi connectivity index (χ1) is 9.89. The predicted molar refractivity (Wildman–Crippen MR) is 77.5 cm³/mol. The zero-order valence-electron chi connectivity index (χ0n) is 12.2. The molecular weight excluding hydrogens is 294 g/mol. The van der Waals surface area contributed by atoms with Gasteiger partial charge in [-0.1, -0.05) is 44.2 Å². The highest BCUT2D eigenvalue weighted by Crippen LogP contribution is 2.42. The average Bonchev–Trinajstić information content (AvgIpc) is 2.85. The fourth-order valence-corrected chi connectivity index (χ4v) is 2.79. The molecule has 1 aromatic carbocycles. The molecule has 21 heavy (non-hydrogen) atoms. The molecule has 0 bridgehead atoms. The summed E-state index contributed by atoms with van der Waals surface area (Å²) in [4.78, 5) is 0. The molecule has 1 aliphatic heterocycles. The van der Waals surface area contributed by atoms with Gasteiger partial charge < -0.3 is 9.47 Å². The van der Waals surface area contributed by atoms with E-state index in [9.17, 15) is 8.42 Å². The van der Waals surface area contributed by atoms with E-state index in [2.05, 4.69) is 0 Å². The summed E-state index contributed by atoms with van der Waals surface area (Å²) in [6.45, 7) is 3.77. The smallest absolute Gasteiger partial charge is 0.333 e. The van der Waals surface area contributed by atoms with Crippen LogP contribution >= 0.6 is 0 Å². The van der Waals surface area contributed by atoms with Gasteiger partial charge in [0.05, 0.1) is 6.61 Å². The Morgan fingerprint density at radius 2 is 1.81 bits per heavy atom. The maximum Gasteiger partial charge on any atom is 0.333 e. The monoisotopic (exact) mass is 315 g/mol. The third-order valence-corrected chi connectivity index (χ3v) is 4.11. The third kappa shape index (κ3) is 4.02. The van der Waals surface area contributed by atoms with Crippen molar-refractivity contribution in [3.63, 3.8) is 0 Å². The predicted octanol–water partition coefficient (Wildman–Crippen LogP) is 1.88. The number of nitrogens with two attached hydrogens (primary N) is 1. The van der Waals surface area contributed by atoms with Crippen LogP contribution in [-0.2, 0) is 24.0 Å². The topological polar surface area (TPSA) is 87.9 Å². The molecule has 2 atom stereocenters. The van der Waals surface area contributed by atoms with E-state index in [1.165, 1.54) is 0 Å². The lowest BCUT2D eigenvalue weighted by Crippen LogP contribution is -2.31. The second-order valence-corrected chi connectivity index (χ2v) is 6.22. The maximum atomic E-state index is 11.0. The number of rotatable bonds is 6. The largest absolute Gasteiger partial charge is 0.341 e. The van der Waals surface area contributed by atoms with Crippen LogP contribution in [0.4, 0.5) is 0 Å². The number of hydrogen-bond donors (Lipinski definition) is 1. The minimum Gasteiger partial charge on any atom is -0.341 e. The Labute approximate surface area is 125 Å². The molecular formula is C14H21NO5S. The molecule has 0 amide bonds. The van der Waals surface area contributed by atoms with Gasteiger partial charge in [0.15, 0.2) is 5.79 Å². The molecule has 6 nitrogen and oxygen atoms in total. The lowest BCUT2D eigenvalue weighted by Gasteiger charge is -2.25. The molecule has 0 radical (unpaired) electrons. The molecule has 2 N–H and O–H groups in total. The van der Waals surface area contributed by atoms with Crippen molar-refractivity contribution in [2.75, 3.05) is 6.61 Å². The molecule has 0 saturated carbocycles. The van der Waals surface area contributed by atoms with Gasteiger partial charge >= 0.3 is 10.3 Å². The summed E-state index contributed by atoms with van der Waals surface area (Å²) >= 11 is 0. The molecule has 118 valence electrons. The second-order valence-electron chi connectivity index (χ2n) is 5.00. The fraction of sp³-hybridized carbons (Fsp3) is 0.571. The molecule has 7 heteroatoms. The Morgan fingerprint density at radius 1 is 1.19 bits per heavy atom. The average molecular weight is 315 g/mol. The van der Waals surface area contributed by atoms with E-state index in [0.29, 0.717) is 12.8 Å². The van der Waals surface area contributed by atoms with Crippen LogP contribution < -0.4 is 5.14 Å². The van der Waals surface area contributed by atoms with E-state index >= 15 is 0 Å². The molecule has 1 fully saturated rings. The lowest BCUT2D eigenvalue weighted by atomic mass is 10.1. The zero-order valence-corrected chi connectivity index (χ0v) is 13.0. The van der Waals surface area contributed by atoms with Crippen LogP contribution in [0.15, 0.2) is 30.3 Å². The van der Waals surface area contributed by atoms with Crippen molar-refractivity contribution in [2.24, 2.45) is 5.14 Å². The van der Waals surface area contributed by atoms with Crippen LogP contribution in [0, 0.1) is 0 Å². The van der Waals surface area contributed by atoms with Crippen molar-refractivity contribution in [1.82, 2.24) is 0 Å². The molecule has 0 aromatic heterocycles. The van der Waals surface area contributed by atoms with Crippen molar-refractivity contribution in [3.05, 3.63) is 35.9 Å². The van der Waals surface area contributed by atoms with Gasteiger partial charge in [-0.25, -0.2) is 5.14 Å². The van der Waals surface area contributed by atoms with Crippen LogP contribution in [-0.4, -0.2) is 26.9 Å². The van der Waals surface area contributed by atoms with E-state index in [1.54, 1.807) is 0 Å². The van der Waals surface area contributed by atoms with Gasteiger partial charge in [-0.15, -0.1) is 0 Å². The van der Waals surface area contributed by atoms with Gasteiger partial charge in [0.25, 0.3) is 0 Å².